The smallest absolute Gasteiger partial charge is 0.325 e. The van der Waals surface area contributed by atoms with E-state index in [9.17, 15) is 14.4 Å². The molecule has 3 fully saturated rings. The molecule has 1 spiro atoms. The second-order valence-corrected chi connectivity index (χ2v) is 6.98. The number of nitrogens with one attached hydrogen (secondary N) is 1. The molecule has 1 atom stereocenters. The second-order valence-electron chi connectivity index (χ2n) is 6.98. The first-order chi connectivity index (χ1) is 10.3. The molecule has 0 aromatic heterocycles. The lowest BCUT2D eigenvalue weighted by molar-refractivity contribution is -0.133. The molecule has 0 radical (unpaired) electrons. The molecular weight excluding hydrogens is 284 g/mol. The fourth-order valence-corrected chi connectivity index (χ4v) is 3.38. The Morgan fingerprint density at radius 2 is 2.09 bits per heavy atom. The van der Waals surface area contributed by atoms with Gasteiger partial charge in [-0.25, -0.2) is 4.79 Å². The molecule has 0 aromatic rings. The van der Waals surface area contributed by atoms with Crippen LogP contribution in [0.4, 0.5) is 4.79 Å². The molecule has 0 aromatic carbocycles. The Bertz CT molecular complexity index is 517. The summed E-state index contributed by atoms with van der Waals surface area (Å²) in [5.41, 5.74) is -0.834. The summed E-state index contributed by atoms with van der Waals surface area (Å²) in [6.45, 7) is 5.06. The maximum atomic E-state index is 12.6. The van der Waals surface area contributed by atoms with Gasteiger partial charge in [-0.3, -0.25) is 19.4 Å². The third kappa shape index (κ3) is 2.47. The van der Waals surface area contributed by atoms with E-state index in [1.807, 2.05) is 25.8 Å². The SMILES string of the molecule is CC(C)N1C(=O)N[C@@]2(CCN(CC(=O)N(C)C3CC3)C2)C1=O. The number of carbonyl (C=O) groups excluding carboxylic acids is 3. The quantitative estimate of drug-likeness (QED) is 0.743. The summed E-state index contributed by atoms with van der Waals surface area (Å²) in [5.74, 6) is -0.0602. The first-order valence-electron chi connectivity index (χ1n) is 7.98. The second kappa shape index (κ2) is 5.22. The Morgan fingerprint density at radius 1 is 1.41 bits per heavy atom. The summed E-state index contributed by atoms with van der Waals surface area (Å²) in [7, 11) is 1.84. The van der Waals surface area contributed by atoms with Crippen molar-refractivity contribution >= 4 is 17.8 Å². The molecule has 4 amide bonds. The average Bonchev–Trinajstić information content (AvgIpc) is 3.16. The van der Waals surface area contributed by atoms with Crippen LogP contribution in [-0.2, 0) is 9.59 Å². The Morgan fingerprint density at radius 3 is 2.64 bits per heavy atom. The fourth-order valence-electron chi connectivity index (χ4n) is 3.38. The molecule has 0 unspecified atom stereocenters. The first kappa shape index (κ1) is 15.3. The molecule has 2 saturated heterocycles. The van der Waals surface area contributed by atoms with Crippen LogP contribution in [0.3, 0.4) is 0 Å². The molecular formula is C15H24N4O3. The van der Waals surface area contributed by atoms with Crippen LogP contribution in [0.5, 0.6) is 0 Å². The van der Waals surface area contributed by atoms with Gasteiger partial charge in [0, 0.05) is 32.2 Å². The third-order valence-corrected chi connectivity index (χ3v) is 4.90. The van der Waals surface area contributed by atoms with Crippen LogP contribution in [-0.4, -0.2) is 76.8 Å². The van der Waals surface area contributed by atoms with Crippen molar-refractivity contribution in [2.24, 2.45) is 0 Å². The van der Waals surface area contributed by atoms with Crippen molar-refractivity contribution in [1.82, 2.24) is 20.0 Å². The Labute approximate surface area is 130 Å². The average molecular weight is 308 g/mol. The highest BCUT2D eigenvalue weighted by Crippen LogP contribution is 2.30. The molecule has 122 valence electrons. The van der Waals surface area contributed by atoms with Gasteiger partial charge in [-0.2, -0.15) is 0 Å². The van der Waals surface area contributed by atoms with Gasteiger partial charge in [0.2, 0.25) is 5.91 Å². The van der Waals surface area contributed by atoms with Gasteiger partial charge >= 0.3 is 6.03 Å². The number of urea groups is 1. The van der Waals surface area contributed by atoms with Crippen molar-refractivity contribution in [1.29, 1.82) is 0 Å². The van der Waals surface area contributed by atoms with E-state index in [-0.39, 0.29) is 23.9 Å². The lowest BCUT2D eigenvalue weighted by Crippen LogP contribution is -2.50. The van der Waals surface area contributed by atoms with Gasteiger partial charge in [-0.05, 0) is 33.1 Å². The van der Waals surface area contributed by atoms with Gasteiger partial charge in [0.05, 0.1) is 6.54 Å². The molecule has 2 heterocycles. The number of nitrogens with zero attached hydrogens (tertiary/aromatic N) is 3. The number of carbonyl (C=O) groups is 3. The van der Waals surface area contributed by atoms with E-state index in [1.165, 1.54) is 4.90 Å². The molecule has 3 aliphatic rings. The Hall–Kier alpha value is -1.63. The van der Waals surface area contributed by atoms with Crippen molar-refractivity contribution in [3.05, 3.63) is 0 Å². The Kier molecular flexibility index (Phi) is 3.63. The minimum Gasteiger partial charge on any atom is -0.342 e. The zero-order valence-corrected chi connectivity index (χ0v) is 13.5. The molecule has 7 heteroatoms. The normalized spacial score (nSPS) is 28.8. The fraction of sp³-hybridized carbons (Fsp3) is 0.800. The van der Waals surface area contributed by atoms with Gasteiger partial charge in [0.15, 0.2) is 0 Å². The third-order valence-electron chi connectivity index (χ3n) is 4.90. The van der Waals surface area contributed by atoms with E-state index in [0.717, 1.165) is 12.8 Å². The molecule has 1 saturated carbocycles. The van der Waals surface area contributed by atoms with E-state index >= 15 is 0 Å². The summed E-state index contributed by atoms with van der Waals surface area (Å²) >= 11 is 0. The minimum atomic E-state index is -0.834. The standard InChI is InChI=1S/C15H24N4O3/c1-10(2)19-13(21)15(16-14(19)22)6-7-18(9-15)8-12(20)17(3)11-4-5-11/h10-11H,4-9H2,1-3H3,(H,16,22)/t15-/m1/s1. The van der Waals surface area contributed by atoms with E-state index in [0.29, 0.717) is 32.1 Å². The van der Waals surface area contributed by atoms with Crippen LogP contribution in [0.15, 0.2) is 0 Å². The number of hydrogen-bond donors (Lipinski definition) is 1. The maximum absolute atomic E-state index is 12.6. The van der Waals surface area contributed by atoms with Crippen molar-refractivity contribution < 1.29 is 14.4 Å². The van der Waals surface area contributed by atoms with Gasteiger partial charge in [0.1, 0.15) is 5.54 Å². The lowest BCUT2D eigenvalue weighted by Gasteiger charge is -2.24. The molecule has 1 N–H and O–H groups in total. The highest BCUT2D eigenvalue weighted by Gasteiger charge is 2.55. The monoisotopic (exact) mass is 308 g/mol. The van der Waals surface area contributed by atoms with Crippen molar-refractivity contribution in [2.45, 2.75) is 50.7 Å². The zero-order valence-electron chi connectivity index (χ0n) is 13.5. The van der Waals surface area contributed by atoms with Crippen molar-refractivity contribution in [3.8, 4) is 0 Å². The number of rotatable bonds is 4. The molecule has 2 aliphatic heterocycles. The lowest BCUT2D eigenvalue weighted by atomic mass is 9.98. The van der Waals surface area contributed by atoms with Crippen molar-refractivity contribution in [2.75, 3.05) is 26.7 Å². The van der Waals surface area contributed by atoms with Gasteiger partial charge in [-0.15, -0.1) is 0 Å². The number of imide groups is 1. The predicted octanol–water partition coefficient (Wildman–Crippen LogP) is 0.0119. The predicted molar refractivity (Wildman–Crippen MR) is 80.1 cm³/mol. The van der Waals surface area contributed by atoms with Crippen LogP contribution in [0.2, 0.25) is 0 Å². The maximum Gasteiger partial charge on any atom is 0.325 e. The summed E-state index contributed by atoms with van der Waals surface area (Å²) in [4.78, 5) is 41.9. The van der Waals surface area contributed by atoms with Gasteiger partial charge in [-0.1, -0.05) is 0 Å². The van der Waals surface area contributed by atoms with Crippen LogP contribution in [0.25, 0.3) is 0 Å². The largest absolute Gasteiger partial charge is 0.342 e. The van der Waals surface area contributed by atoms with E-state index in [1.54, 1.807) is 4.90 Å². The molecule has 3 rings (SSSR count). The number of hydrogen-bond acceptors (Lipinski definition) is 4. The highest BCUT2D eigenvalue weighted by molar-refractivity contribution is 6.07. The zero-order chi connectivity index (χ0) is 16.1. The van der Waals surface area contributed by atoms with Crippen LogP contribution >= 0.6 is 0 Å². The number of likely N-dealkylation sites (N-methyl/N-ethyl adjacent to an activating group) is 1. The number of likely N-dealkylation sites (tertiary alicyclic amines) is 1. The van der Waals surface area contributed by atoms with E-state index in [4.69, 9.17) is 0 Å². The number of amides is 4. The van der Waals surface area contributed by atoms with E-state index < -0.39 is 5.54 Å². The van der Waals surface area contributed by atoms with Crippen LogP contribution in [0.1, 0.15) is 33.1 Å². The highest BCUT2D eigenvalue weighted by atomic mass is 16.2. The molecule has 1 aliphatic carbocycles. The summed E-state index contributed by atoms with van der Waals surface area (Å²) in [6.07, 6.45) is 2.75. The Balaban J connectivity index is 1.63. The van der Waals surface area contributed by atoms with Crippen LogP contribution < -0.4 is 5.32 Å². The summed E-state index contributed by atoms with van der Waals surface area (Å²) in [5, 5.41) is 2.85. The molecule has 0 bridgehead atoms. The molecule has 22 heavy (non-hydrogen) atoms. The summed E-state index contributed by atoms with van der Waals surface area (Å²) in [6, 6.07) is -0.0693. The van der Waals surface area contributed by atoms with Gasteiger partial charge in [0.25, 0.3) is 5.91 Å². The van der Waals surface area contributed by atoms with Crippen LogP contribution in [0, 0.1) is 0 Å². The minimum absolute atomic E-state index is 0.0945. The topological polar surface area (TPSA) is 73.0 Å². The summed E-state index contributed by atoms with van der Waals surface area (Å²) < 4.78 is 0. The van der Waals surface area contributed by atoms with Gasteiger partial charge < -0.3 is 10.2 Å². The first-order valence-corrected chi connectivity index (χ1v) is 7.98. The van der Waals surface area contributed by atoms with Crippen molar-refractivity contribution in [3.63, 3.8) is 0 Å². The van der Waals surface area contributed by atoms with E-state index in [2.05, 4.69) is 5.32 Å². The molecule has 7 nitrogen and oxygen atoms in total.